The van der Waals surface area contributed by atoms with E-state index in [9.17, 15) is 4.79 Å². The SMILES string of the molecule is NC(=O)N1CSC2=CC=CCC21. The maximum absolute atomic E-state index is 10.9. The normalized spacial score (nSPS) is 26.8. The number of amides is 2. The number of primary amides is 1. The molecule has 0 saturated carbocycles. The molecule has 0 aromatic rings. The van der Waals surface area contributed by atoms with E-state index in [4.69, 9.17) is 5.73 Å². The van der Waals surface area contributed by atoms with Gasteiger partial charge in [0.25, 0.3) is 0 Å². The smallest absolute Gasteiger partial charge is 0.316 e. The summed E-state index contributed by atoms with van der Waals surface area (Å²) in [7, 11) is 0. The molecule has 0 spiro atoms. The second kappa shape index (κ2) is 2.86. The van der Waals surface area contributed by atoms with E-state index in [1.165, 1.54) is 4.91 Å². The third-order valence-corrected chi connectivity index (χ3v) is 3.26. The largest absolute Gasteiger partial charge is 0.351 e. The molecular weight excluding hydrogens is 172 g/mol. The first kappa shape index (κ1) is 7.73. The molecule has 1 fully saturated rings. The molecule has 2 aliphatic rings. The van der Waals surface area contributed by atoms with Gasteiger partial charge in [-0.25, -0.2) is 4.79 Å². The minimum absolute atomic E-state index is 0.220. The number of nitrogens with zero attached hydrogens (tertiary/aromatic N) is 1. The van der Waals surface area contributed by atoms with Gasteiger partial charge in [0, 0.05) is 4.91 Å². The fourth-order valence-electron chi connectivity index (χ4n) is 1.47. The monoisotopic (exact) mass is 182 g/mol. The van der Waals surface area contributed by atoms with Gasteiger partial charge < -0.3 is 10.6 Å². The first-order valence-electron chi connectivity index (χ1n) is 3.84. The molecule has 0 radical (unpaired) electrons. The first-order valence-corrected chi connectivity index (χ1v) is 4.83. The van der Waals surface area contributed by atoms with Crippen LogP contribution in [0.15, 0.2) is 23.1 Å². The van der Waals surface area contributed by atoms with Crippen LogP contribution in [0.25, 0.3) is 0 Å². The van der Waals surface area contributed by atoms with Crippen molar-refractivity contribution >= 4 is 17.8 Å². The van der Waals surface area contributed by atoms with Crippen LogP contribution in [-0.2, 0) is 0 Å². The molecule has 4 heteroatoms. The van der Waals surface area contributed by atoms with E-state index in [1.54, 1.807) is 16.7 Å². The molecule has 1 atom stereocenters. The number of carbonyl (C=O) groups is 1. The lowest BCUT2D eigenvalue weighted by atomic mass is 10.1. The molecule has 1 saturated heterocycles. The van der Waals surface area contributed by atoms with Gasteiger partial charge in [-0.05, 0) is 6.42 Å². The van der Waals surface area contributed by atoms with Gasteiger partial charge in [-0.3, -0.25) is 0 Å². The lowest BCUT2D eigenvalue weighted by Crippen LogP contribution is -2.39. The molecule has 0 aromatic heterocycles. The highest BCUT2D eigenvalue weighted by atomic mass is 32.2. The van der Waals surface area contributed by atoms with Crippen LogP contribution in [0.5, 0.6) is 0 Å². The van der Waals surface area contributed by atoms with E-state index in [2.05, 4.69) is 12.2 Å². The summed E-state index contributed by atoms with van der Waals surface area (Å²) in [6, 6.07) is -0.0938. The summed E-state index contributed by atoms with van der Waals surface area (Å²) in [5, 5.41) is 0. The van der Waals surface area contributed by atoms with E-state index in [0.29, 0.717) is 5.88 Å². The number of nitrogens with two attached hydrogens (primary N) is 1. The average molecular weight is 182 g/mol. The Hall–Kier alpha value is -0.900. The van der Waals surface area contributed by atoms with Crippen molar-refractivity contribution in [2.24, 2.45) is 5.73 Å². The maximum atomic E-state index is 10.9. The Balaban J connectivity index is 2.20. The van der Waals surface area contributed by atoms with E-state index >= 15 is 0 Å². The van der Waals surface area contributed by atoms with E-state index < -0.39 is 0 Å². The molecule has 64 valence electrons. The molecule has 0 aromatic carbocycles. The Labute approximate surface area is 75.3 Å². The molecule has 0 bridgehead atoms. The predicted molar refractivity (Wildman–Crippen MR) is 49.5 cm³/mol. The highest BCUT2D eigenvalue weighted by Crippen LogP contribution is 2.36. The van der Waals surface area contributed by atoms with E-state index in [0.717, 1.165) is 6.42 Å². The molecule has 2 amide bonds. The summed E-state index contributed by atoms with van der Waals surface area (Å²) < 4.78 is 0. The van der Waals surface area contributed by atoms with Crippen LogP contribution in [0.2, 0.25) is 0 Å². The third kappa shape index (κ3) is 1.12. The average Bonchev–Trinajstić information content (AvgIpc) is 2.47. The number of rotatable bonds is 0. The van der Waals surface area contributed by atoms with Gasteiger partial charge in [0.15, 0.2) is 0 Å². The molecule has 2 N–H and O–H groups in total. The van der Waals surface area contributed by atoms with E-state index in [-0.39, 0.29) is 12.1 Å². The van der Waals surface area contributed by atoms with Gasteiger partial charge in [-0.1, -0.05) is 18.2 Å². The van der Waals surface area contributed by atoms with E-state index in [1.807, 2.05) is 6.08 Å². The van der Waals surface area contributed by atoms with Crippen LogP contribution in [0, 0.1) is 0 Å². The van der Waals surface area contributed by atoms with Crippen molar-refractivity contribution in [3.63, 3.8) is 0 Å². The molecular formula is C8H10N2OS. The Morgan fingerprint density at radius 2 is 2.58 bits per heavy atom. The van der Waals surface area contributed by atoms with Gasteiger partial charge in [-0.15, -0.1) is 11.8 Å². The Kier molecular flexibility index (Phi) is 1.84. The molecule has 1 aliphatic carbocycles. The Morgan fingerprint density at radius 1 is 1.75 bits per heavy atom. The third-order valence-electron chi connectivity index (χ3n) is 2.11. The number of thioether (sulfide) groups is 1. The lowest BCUT2D eigenvalue weighted by molar-refractivity contribution is 0.208. The van der Waals surface area contributed by atoms with Gasteiger partial charge in [0.05, 0.1) is 11.9 Å². The van der Waals surface area contributed by atoms with Crippen LogP contribution >= 0.6 is 11.8 Å². The standard InChI is InChI=1S/C8H10N2OS/c9-8(11)10-5-12-7-4-2-1-3-6(7)10/h1-2,4,6H,3,5H2,(H2,9,11). The summed E-state index contributed by atoms with van der Waals surface area (Å²) in [6.45, 7) is 0. The second-order valence-corrected chi connectivity index (χ2v) is 3.85. The molecule has 2 rings (SSSR count). The number of hydrogen-bond donors (Lipinski definition) is 1. The molecule has 1 aliphatic heterocycles. The van der Waals surface area contributed by atoms with Crippen LogP contribution in [0.3, 0.4) is 0 Å². The number of allylic oxidation sites excluding steroid dienone is 2. The highest BCUT2D eigenvalue weighted by Gasteiger charge is 2.31. The first-order chi connectivity index (χ1) is 5.79. The molecule has 1 heterocycles. The lowest BCUT2D eigenvalue weighted by Gasteiger charge is -2.22. The number of fused-ring (bicyclic) bond motifs is 1. The fraction of sp³-hybridized carbons (Fsp3) is 0.375. The van der Waals surface area contributed by atoms with Crippen molar-refractivity contribution in [1.82, 2.24) is 4.90 Å². The second-order valence-electron chi connectivity index (χ2n) is 2.83. The maximum Gasteiger partial charge on any atom is 0.316 e. The topological polar surface area (TPSA) is 46.3 Å². The quantitative estimate of drug-likeness (QED) is 0.613. The zero-order chi connectivity index (χ0) is 8.55. The minimum Gasteiger partial charge on any atom is -0.351 e. The van der Waals surface area contributed by atoms with Crippen molar-refractivity contribution in [3.05, 3.63) is 23.1 Å². The van der Waals surface area contributed by atoms with Gasteiger partial charge >= 0.3 is 6.03 Å². The zero-order valence-electron chi connectivity index (χ0n) is 6.56. The molecule has 12 heavy (non-hydrogen) atoms. The summed E-state index contributed by atoms with van der Waals surface area (Å²) >= 11 is 1.70. The van der Waals surface area contributed by atoms with Gasteiger partial charge in [0.2, 0.25) is 0 Å². The number of hydrogen-bond acceptors (Lipinski definition) is 2. The van der Waals surface area contributed by atoms with Crippen molar-refractivity contribution in [2.75, 3.05) is 5.88 Å². The van der Waals surface area contributed by atoms with Crippen molar-refractivity contribution in [2.45, 2.75) is 12.5 Å². The minimum atomic E-state index is -0.314. The molecule has 3 nitrogen and oxygen atoms in total. The summed E-state index contributed by atoms with van der Waals surface area (Å²) in [4.78, 5) is 13.9. The van der Waals surface area contributed by atoms with Crippen molar-refractivity contribution in [3.8, 4) is 0 Å². The summed E-state index contributed by atoms with van der Waals surface area (Å²) in [5.41, 5.74) is 5.23. The van der Waals surface area contributed by atoms with Crippen LogP contribution in [0.4, 0.5) is 4.79 Å². The van der Waals surface area contributed by atoms with Crippen LogP contribution < -0.4 is 5.73 Å². The Bertz CT molecular complexity index is 272. The van der Waals surface area contributed by atoms with Crippen LogP contribution in [0.1, 0.15) is 6.42 Å². The van der Waals surface area contributed by atoms with Crippen LogP contribution in [-0.4, -0.2) is 22.8 Å². The van der Waals surface area contributed by atoms with Gasteiger partial charge in [-0.2, -0.15) is 0 Å². The fourth-order valence-corrected chi connectivity index (χ4v) is 2.66. The summed E-state index contributed by atoms with van der Waals surface area (Å²) in [5.74, 6) is 0.702. The highest BCUT2D eigenvalue weighted by molar-refractivity contribution is 8.03. The predicted octanol–water partition coefficient (Wildman–Crippen LogP) is 1.28. The number of carbonyl (C=O) groups excluding carboxylic acids is 1. The summed E-state index contributed by atoms with van der Waals surface area (Å²) in [6.07, 6.45) is 7.06. The molecule has 1 unspecified atom stereocenters. The van der Waals surface area contributed by atoms with Crippen molar-refractivity contribution < 1.29 is 4.79 Å². The number of urea groups is 1. The van der Waals surface area contributed by atoms with Crippen molar-refractivity contribution in [1.29, 1.82) is 0 Å². The zero-order valence-corrected chi connectivity index (χ0v) is 7.38. The van der Waals surface area contributed by atoms with Gasteiger partial charge in [0.1, 0.15) is 0 Å². The Morgan fingerprint density at radius 3 is 3.33 bits per heavy atom.